The minimum absolute atomic E-state index is 0.954. The Morgan fingerprint density at radius 2 is 0.676 bits per heavy atom. The normalized spacial score (nSPS) is 11.6. The Balaban J connectivity index is 1.06. The zero-order valence-corrected chi connectivity index (χ0v) is 41.3. The third kappa shape index (κ3) is 9.77. The molecule has 330 valence electrons. The van der Waals surface area contributed by atoms with Crippen LogP contribution in [0.25, 0.3) is 78.3 Å². The zero-order chi connectivity index (χ0) is 46.5. The first-order chi connectivity index (χ1) is 33.2. The van der Waals surface area contributed by atoms with E-state index < -0.39 is 16.1 Å². The monoisotopic (exact) mass is 909 g/mol. The first-order valence-corrected chi connectivity index (χ1v) is 30.1. The predicted octanol–water partition coefficient (Wildman–Crippen LogP) is 14.9. The molecule has 7 aromatic carbocycles. The molecule has 0 saturated heterocycles. The summed E-state index contributed by atoms with van der Waals surface area (Å²) in [5.41, 5.74) is 18.5. The largest absolute Gasteiger partial charge is 0.256 e. The molecular weight excluding hydrogens is 855 g/mol. The number of hydrogen-bond acceptors (Lipinski definition) is 3. The summed E-state index contributed by atoms with van der Waals surface area (Å²) in [5, 5.41) is 2.72. The van der Waals surface area contributed by atoms with Crippen LogP contribution in [0.2, 0.25) is 26.2 Å². The van der Waals surface area contributed by atoms with Crippen LogP contribution in [0.1, 0.15) is 11.1 Å². The molecule has 0 spiro atoms. The van der Waals surface area contributed by atoms with E-state index in [1.165, 1.54) is 49.3 Å². The van der Waals surface area contributed by atoms with Crippen LogP contribution in [0.3, 0.4) is 0 Å². The number of benzene rings is 7. The highest BCUT2D eigenvalue weighted by molar-refractivity contribution is 6.89. The van der Waals surface area contributed by atoms with Crippen LogP contribution in [-0.4, -0.2) is 31.1 Å². The molecule has 0 fully saturated rings. The van der Waals surface area contributed by atoms with Gasteiger partial charge < -0.3 is 0 Å². The number of nitrogens with zero attached hydrogens (tertiary/aromatic N) is 3. The summed E-state index contributed by atoms with van der Waals surface area (Å²) in [7, 11) is -4.04. The van der Waals surface area contributed by atoms with E-state index in [-0.39, 0.29) is 0 Å². The Labute approximate surface area is 404 Å². The van der Waals surface area contributed by atoms with Gasteiger partial charge in [-0.1, -0.05) is 226 Å². The molecule has 3 aromatic heterocycles. The average molecular weight is 910 g/mol. The second-order valence-corrected chi connectivity index (χ2v) is 28.6. The molecule has 0 radical (unpaired) electrons. The summed E-state index contributed by atoms with van der Waals surface area (Å²) in [6.45, 7) is 9.95. The molecule has 3 nitrogen and oxygen atoms in total. The first-order valence-electron chi connectivity index (χ1n) is 23.6. The third-order valence-electron chi connectivity index (χ3n) is 13.4. The van der Waals surface area contributed by atoms with E-state index in [2.05, 4.69) is 263 Å². The minimum atomic E-state index is -2.02. The maximum atomic E-state index is 5.16. The first kappa shape index (κ1) is 44.3. The van der Waals surface area contributed by atoms with Gasteiger partial charge in [-0.25, -0.2) is 0 Å². The van der Waals surface area contributed by atoms with Gasteiger partial charge in [0.2, 0.25) is 0 Å². The Hall–Kier alpha value is -7.58. The number of hydrogen-bond donors (Lipinski definition) is 0. The summed E-state index contributed by atoms with van der Waals surface area (Å²) < 4.78 is 0. The minimum Gasteiger partial charge on any atom is -0.256 e. The lowest BCUT2D eigenvalue weighted by Crippen LogP contribution is -2.45. The van der Waals surface area contributed by atoms with Crippen LogP contribution < -0.4 is 10.4 Å². The number of pyridine rings is 3. The van der Waals surface area contributed by atoms with Gasteiger partial charge in [0.15, 0.2) is 0 Å². The summed E-state index contributed by atoms with van der Waals surface area (Å²) >= 11 is 0. The smallest absolute Gasteiger partial charge is 0.0869 e. The van der Waals surface area contributed by atoms with E-state index in [1.54, 1.807) is 0 Å². The van der Waals surface area contributed by atoms with Gasteiger partial charge in [0, 0.05) is 40.8 Å². The average Bonchev–Trinajstić information content (AvgIpc) is 3.39. The zero-order valence-electron chi connectivity index (χ0n) is 39.3. The molecule has 0 aliphatic heterocycles. The van der Waals surface area contributed by atoms with Crippen molar-refractivity contribution in [3.63, 3.8) is 0 Å². The van der Waals surface area contributed by atoms with Crippen LogP contribution in [0.15, 0.2) is 237 Å². The second kappa shape index (κ2) is 19.3. The van der Waals surface area contributed by atoms with Gasteiger partial charge >= 0.3 is 0 Å². The van der Waals surface area contributed by atoms with Gasteiger partial charge in [-0.15, -0.1) is 0 Å². The van der Waals surface area contributed by atoms with Crippen LogP contribution in [0, 0.1) is 0 Å². The standard InChI is InChI=1S/C63H55N3Si2/c1-67(2,55-33-35-61(64-41-55)51-21-11-6-12-22-51)44-46-37-47(45-68(3,4)56-34-36-62(65-42-56)52-23-13-7-14-24-52)39-54(38-46)57-27-17-18-28-58(57)60-43-66-63(53-25-15-8-16-26-53)40-59(60)50-31-29-49(30-32-50)48-19-9-5-10-20-48/h5-43H,44-45H2,1-4H3. The van der Waals surface area contributed by atoms with Gasteiger partial charge in [0.1, 0.15) is 0 Å². The summed E-state index contributed by atoms with van der Waals surface area (Å²) in [6.07, 6.45) is 6.37. The fourth-order valence-electron chi connectivity index (χ4n) is 9.61. The highest BCUT2D eigenvalue weighted by atomic mass is 28.3. The van der Waals surface area contributed by atoms with Gasteiger partial charge in [-0.3, -0.25) is 15.0 Å². The van der Waals surface area contributed by atoms with Gasteiger partial charge in [0.05, 0.1) is 33.2 Å². The summed E-state index contributed by atoms with van der Waals surface area (Å²) in [4.78, 5) is 15.2. The van der Waals surface area contributed by atoms with Crippen LogP contribution in [0.4, 0.5) is 0 Å². The van der Waals surface area contributed by atoms with E-state index in [9.17, 15) is 0 Å². The van der Waals surface area contributed by atoms with Crippen LogP contribution >= 0.6 is 0 Å². The van der Waals surface area contributed by atoms with Crippen LogP contribution in [-0.2, 0) is 12.1 Å². The van der Waals surface area contributed by atoms with Crippen molar-refractivity contribution in [2.45, 2.75) is 38.3 Å². The van der Waals surface area contributed by atoms with Crippen molar-refractivity contribution in [1.82, 2.24) is 15.0 Å². The van der Waals surface area contributed by atoms with Crippen molar-refractivity contribution < 1.29 is 0 Å². The van der Waals surface area contributed by atoms with E-state index in [1.807, 2.05) is 0 Å². The fourth-order valence-corrected chi connectivity index (χ4v) is 14.4. The van der Waals surface area contributed by atoms with Crippen molar-refractivity contribution >= 4 is 26.5 Å². The highest BCUT2D eigenvalue weighted by Crippen LogP contribution is 2.41. The van der Waals surface area contributed by atoms with Crippen LogP contribution in [0.5, 0.6) is 0 Å². The summed E-state index contributed by atoms with van der Waals surface area (Å²) in [5.74, 6) is 0. The van der Waals surface area contributed by atoms with E-state index >= 15 is 0 Å². The molecule has 5 heteroatoms. The maximum absolute atomic E-state index is 5.16. The topological polar surface area (TPSA) is 38.7 Å². The Kier molecular flexibility index (Phi) is 12.6. The Bertz CT molecular complexity index is 3170. The van der Waals surface area contributed by atoms with Crippen molar-refractivity contribution in [2.24, 2.45) is 0 Å². The van der Waals surface area contributed by atoms with Gasteiger partial charge in [-0.05, 0) is 90.7 Å². The SMILES string of the molecule is C[Si](C)(Cc1cc(C[Si](C)(C)c2ccc(-c3ccccc3)nc2)cc(-c2ccccc2-c2cnc(-c3ccccc3)cc2-c2ccc(-c3ccccc3)cc2)c1)c1ccc(-c2ccccc2)nc1. The lowest BCUT2D eigenvalue weighted by molar-refractivity contribution is 1.24. The second-order valence-electron chi connectivity index (χ2n) is 19.2. The molecule has 0 aliphatic carbocycles. The molecule has 68 heavy (non-hydrogen) atoms. The van der Waals surface area contributed by atoms with E-state index in [0.717, 1.165) is 62.6 Å². The van der Waals surface area contributed by atoms with Crippen molar-refractivity contribution in [2.75, 3.05) is 0 Å². The molecule has 10 rings (SSSR count). The van der Waals surface area contributed by atoms with Gasteiger partial charge in [-0.2, -0.15) is 0 Å². The molecular formula is C63H55N3Si2. The van der Waals surface area contributed by atoms with E-state index in [0.29, 0.717) is 0 Å². The maximum Gasteiger partial charge on any atom is 0.0869 e. The number of rotatable bonds is 13. The molecule has 10 aromatic rings. The van der Waals surface area contributed by atoms with Crippen molar-refractivity contribution in [1.29, 1.82) is 0 Å². The van der Waals surface area contributed by atoms with Crippen molar-refractivity contribution in [3.8, 4) is 78.3 Å². The number of aromatic nitrogens is 3. The quantitative estimate of drug-likeness (QED) is 0.108. The molecule has 0 bridgehead atoms. The third-order valence-corrected chi connectivity index (χ3v) is 19.7. The fraction of sp³-hybridized carbons (Fsp3) is 0.0952. The lowest BCUT2D eigenvalue weighted by Gasteiger charge is -2.26. The molecule has 0 aliphatic rings. The molecule has 0 saturated carbocycles. The van der Waals surface area contributed by atoms with Crippen molar-refractivity contribution in [3.05, 3.63) is 248 Å². The molecule has 0 unspecified atom stereocenters. The highest BCUT2D eigenvalue weighted by Gasteiger charge is 2.28. The Morgan fingerprint density at radius 3 is 1.15 bits per heavy atom. The Morgan fingerprint density at radius 1 is 0.279 bits per heavy atom. The summed E-state index contributed by atoms with van der Waals surface area (Å²) in [6, 6.07) is 80.7. The molecule has 0 N–H and O–H groups in total. The predicted molar refractivity (Wildman–Crippen MR) is 292 cm³/mol. The molecule has 3 heterocycles. The lowest BCUT2D eigenvalue weighted by atomic mass is 9.88. The van der Waals surface area contributed by atoms with Gasteiger partial charge in [0.25, 0.3) is 0 Å². The molecule has 0 amide bonds. The van der Waals surface area contributed by atoms with E-state index in [4.69, 9.17) is 15.0 Å². The molecule has 0 atom stereocenters.